The number of rotatable bonds is 3. The second-order valence-corrected chi connectivity index (χ2v) is 8.03. The second-order valence-electron chi connectivity index (χ2n) is 8.03. The summed E-state index contributed by atoms with van der Waals surface area (Å²) >= 11 is 0. The molecule has 0 radical (unpaired) electrons. The van der Waals surface area contributed by atoms with Crippen molar-refractivity contribution in [2.75, 3.05) is 25.0 Å². The molecule has 27 heavy (non-hydrogen) atoms. The number of aromatic nitrogens is 2. The zero-order valence-corrected chi connectivity index (χ0v) is 16.1. The van der Waals surface area contributed by atoms with Gasteiger partial charge in [-0.2, -0.15) is 0 Å². The molecule has 1 saturated heterocycles. The maximum absolute atomic E-state index is 14.1. The number of likely N-dealkylation sites (N-methyl/N-ethyl adjacent to an activating group) is 1. The first-order valence-corrected chi connectivity index (χ1v) is 9.48. The van der Waals surface area contributed by atoms with Crippen molar-refractivity contribution in [3.05, 3.63) is 52.7 Å². The molecule has 0 saturated carbocycles. The third kappa shape index (κ3) is 3.23. The van der Waals surface area contributed by atoms with Gasteiger partial charge in [-0.3, -0.25) is 14.6 Å². The van der Waals surface area contributed by atoms with Crippen molar-refractivity contribution in [3.63, 3.8) is 0 Å². The Kier molecular flexibility index (Phi) is 4.46. The molecule has 3 heterocycles. The van der Waals surface area contributed by atoms with Crippen molar-refractivity contribution in [3.8, 4) is 0 Å². The van der Waals surface area contributed by atoms with Crippen LogP contribution in [-0.2, 0) is 23.2 Å². The molecule has 0 spiro atoms. The monoisotopic (exact) mass is 368 g/mol. The average Bonchev–Trinajstić information content (AvgIpc) is 2.93. The highest BCUT2D eigenvalue weighted by molar-refractivity contribution is 5.99. The summed E-state index contributed by atoms with van der Waals surface area (Å²) in [6.45, 7) is 6.44. The van der Waals surface area contributed by atoms with E-state index in [4.69, 9.17) is 9.97 Å². The fraction of sp³-hybridized carbons (Fsp3) is 0.476. The van der Waals surface area contributed by atoms with Crippen LogP contribution in [0.1, 0.15) is 42.4 Å². The first-order chi connectivity index (χ1) is 12.9. The van der Waals surface area contributed by atoms with E-state index in [9.17, 15) is 9.18 Å². The Bertz CT molecular complexity index is 900. The van der Waals surface area contributed by atoms with Gasteiger partial charge in [-0.15, -0.1) is 0 Å². The number of fused-ring (bicyclic) bond motifs is 1. The molecule has 2 aromatic rings. The van der Waals surface area contributed by atoms with Crippen LogP contribution in [0.4, 0.5) is 10.2 Å². The molecule has 1 atom stereocenters. The molecule has 0 unspecified atom stereocenters. The summed E-state index contributed by atoms with van der Waals surface area (Å²) in [5, 5.41) is 0. The average molecular weight is 368 g/mol. The highest BCUT2D eigenvalue weighted by Gasteiger charge is 2.38. The molecular formula is C21H25FN4O. The molecule has 4 rings (SSSR count). The number of anilines is 1. The number of likely N-dealkylation sites (tertiary alicyclic amines) is 1. The Labute approximate surface area is 159 Å². The number of hydrogen-bond donors (Lipinski definition) is 0. The van der Waals surface area contributed by atoms with Gasteiger partial charge in [0.05, 0.1) is 6.42 Å². The van der Waals surface area contributed by atoms with Gasteiger partial charge < -0.3 is 0 Å². The van der Waals surface area contributed by atoms with Crippen LogP contribution in [-0.4, -0.2) is 40.9 Å². The van der Waals surface area contributed by atoms with E-state index in [2.05, 4.69) is 11.8 Å². The molecule has 0 bridgehead atoms. The van der Waals surface area contributed by atoms with E-state index < -0.39 is 0 Å². The van der Waals surface area contributed by atoms with E-state index in [0.29, 0.717) is 13.0 Å². The SMILES string of the molecule is Cc1nc([C@@]2(C)CCCN(Cc3ccccc3F)C2)nc2c1CC(=O)N2C. The molecule has 0 aliphatic carbocycles. The quantitative estimate of drug-likeness (QED) is 0.836. The van der Waals surface area contributed by atoms with Gasteiger partial charge in [-0.05, 0) is 32.4 Å². The van der Waals surface area contributed by atoms with Crippen molar-refractivity contribution in [2.24, 2.45) is 0 Å². The van der Waals surface area contributed by atoms with Gasteiger partial charge in [0.2, 0.25) is 5.91 Å². The van der Waals surface area contributed by atoms with Gasteiger partial charge in [-0.1, -0.05) is 25.1 Å². The fourth-order valence-electron chi connectivity index (χ4n) is 4.25. The first kappa shape index (κ1) is 18.0. The summed E-state index contributed by atoms with van der Waals surface area (Å²) in [6.07, 6.45) is 2.38. The Morgan fingerprint density at radius 2 is 2.04 bits per heavy atom. The lowest BCUT2D eigenvalue weighted by molar-refractivity contribution is -0.117. The molecule has 0 N–H and O–H groups in total. The van der Waals surface area contributed by atoms with Gasteiger partial charge in [0.25, 0.3) is 0 Å². The van der Waals surface area contributed by atoms with Gasteiger partial charge in [0.15, 0.2) is 0 Å². The summed E-state index contributed by atoms with van der Waals surface area (Å²) in [7, 11) is 1.78. The van der Waals surface area contributed by atoms with Crippen molar-refractivity contribution in [1.82, 2.24) is 14.9 Å². The van der Waals surface area contributed by atoms with Crippen LogP contribution in [0.25, 0.3) is 0 Å². The lowest BCUT2D eigenvalue weighted by Crippen LogP contribution is -2.45. The van der Waals surface area contributed by atoms with Crippen molar-refractivity contribution in [2.45, 2.75) is 45.1 Å². The molecule has 2 aliphatic heterocycles. The summed E-state index contributed by atoms with van der Waals surface area (Å²) in [6, 6.07) is 6.95. The predicted molar refractivity (Wildman–Crippen MR) is 102 cm³/mol. The van der Waals surface area contributed by atoms with Crippen LogP contribution in [0.5, 0.6) is 0 Å². The number of piperidine rings is 1. The molecule has 5 nitrogen and oxygen atoms in total. The van der Waals surface area contributed by atoms with Crippen LogP contribution in [0.15, 0.2) is 24.3 Å². The Balaban J connectivity index is 1.61. The Morgan fingerprint density at radius 3 is 2.81 bits per heavy atom. The minimum Gasteiger partial charge on any atom is -0.299 e. The zero-order valence-electron chi connectivity index (χ0n) is 16.1. The number of benzene rings is 1. The first-order valence-electron chi connectivity index (χ1n) is 9.48. The number of amides is 1. The van der Waals surface area contributed by atoms with E-state index >= 15 is 0 Å². The standard InChI is InChI=1S/C21H25FN4O/c1-14-16-11-18(27)25(3)19(16)24-20(23-14)21(2)9-6-10-26(13-21)12-15-7-4-5-8-17(15)22/h4-5,7-8H,6,9-13H2,1-3H3/t21-/m0/s1. The van der Waals surface area contributed by atoms with Crippen molar-refractivity contribution < 1.29 is 9.18 Å². The van der Waals surface area contributed by atoms with Gasteiger partial charge in [-0.25, -0.2) is 14.4 Å². The number of carbonyl (C=O) groups is 1. The molecule has 1 aromatic heterocycles. The summed E-state index contributed by atoms with van der Waals surface area (Å²) < 4.78 is 14.1. The van der Waals surface area contributed by atoms with Gasteiger partial charge >= 0.3 is 0 Å². The van der Waals surface area contributed by atoms with Gasteiger partial charge in [0.1, 0.15) is 17.5 Å². The molecule has 142 valence electrons. The highest BCUT2D eigenvalue weighted by atomic mass is 19.1. The fourth-order valence-corrected chi connectivity index (χ4v) is 4.25. The number of halogens is 1. The summed E-state index contributed by atoms with van der Waals surface area (Å²) in [5.74, 6) is 1.44. The Morgan fingerprint density at radius 1 is 1.26 bits per heavy atom. The third-order valence-electron chi connectivity index (χ3n) is 5.88. The summed E-state index contributed by atoms with van der Waals surface area (Å²) in [5.41, 5.74) is 2.34. The van der Waals surface area contributed by atoms with Crippen LogP contribution in [0.3, 0.4) is 0 Å². The van der Waals surface area contributed by atoms with Crippen molar-refractivity contribution >= 4 is 11.7 Å². The number of carbonyl (C=O) groups excluding carboxylic acids is 1. The van der Waals surface area contributed by atoms with Crippen LogP contribution >= 0.6 is 0 Å². The molecule has 6 heteroatoms. The number of nitrogens with zero attached hydrogens (tertiary/aromatic N) is 4. The van der Waals surface area contributed by atoms with E-state index in [1.54, 1.807) is 18.0 Å². The second kappa shape index (κ2) is 6.68. The molecule has 1 amide bonds. The van der Waals surface area contributed by atoms with Crippen molar-refractivity contribution in [1.29, 1.82) is 0 Å². The lowest BCUT2D eigenvalue weighted by Gasteiger charge is -2.39. The van der Waals surface area contributed by atoms with E-state index in [1.165, 1.54) is 6.07 Å². The maximum Gasteiger partial charge on any atom is 0.232 e. The van der Waals surface area contributed by atoms with Crippen LogP contribution in [0.2, 0.25) is 0 Å². The topological polar surface area (TPSA) is 49.3 Å². The summed E-state index contributed by atoms with van der Waals surface area (Å²) in [4.78, 5) is 25.5. The maximum atomic E-state index is 14.1. The molecular weight excluding hydrogens is 343 g/mol. The van der Waals surface area contributed by atoms with E-state index in [0.717, 1.165) is 54.4 Å². The molecule has 1 aromatic carbocycles. The Hall–Kier alpha value is -2.34. The minimum atomic E-state index is -0.213. The largest absolute Gasteiger partial charge is 0.299 e. The predicted octanol–water partition coefficient (Wildman–Crippen LogP) is 3.00. The number of aryl methyl sites for hydroxylation is 1. The molecule has 2 aliphatic rings. The van der Waals surface area contributed by atoms with E-state index in [-0.39, 0.29) is 17.1 Å². The number of hydrogen-bond acceptors (Lipinski definition) is 4. The minimum absolute atomic E-state index is 0.0644. The van der Waals surface area contributed by atoms with Crippen LogP contribution in [0, 0.1) is 12.7 Å². The van der Waals surface area contributed by atoms with Gasteiger partial charge in [0, 0.05) is 42.4 Å². The van der Waals surface area contributed by atoms with Crippen LogP contribution < -0.4 is 4.90 Å². The normalized spacial score (nSPS) is 23.0. The lowest BCUT2D eigenvalue weighted by atomic mass is 9.80. The van der Waals surface area contributed by atoms with E-state index in [1.807, 2.05) is 19.1 Å². The highest BCUT2D eigenvalue weighted by Crippen LogP contribution is 2.36. The zero-order chi connectivity index (χ0) is 19.2. The molecule has 1 fully saturated rings. The third-order valence-corrected chi connectivity index (χ3v) is 5.88. The smallest absolute Gasteiger partial charge is 0.232 e.